The number of halogens is 1. The van der Waals surface area contributed by atoms with Crippen LogP contribution in [0.3, 0.4) is 0 Å². The predicted molar refractivity (Wildman–Crippen MR) is 81.9 cm³/mol. The first-order valence-corrected chi connectivity index (χ1v) is 6.74. The van der Waals surface area contributed by atoms with Crippen LogP contribution in [0.2, 0.25) is 0 Å². The Balaban J connectivity index is 2.78. The Morgan fingerprint density at radius 1 is 1.55 bits per heavy atom. The fourth-order valence-corrected chi connectivity index (χ4v) is 2.26. The normalized spacial score (nSPS) is 12.2. The van der Waals surface area contributed by atoms with Gasteiger partial charge in [0.2, 0.25) is 5.91 Å². The average Bonchev–Trinajstić information content (AvgIpc) is 2.39. The van der Waals surface area contributed by atoms with Crippen molar-refractivity contribution < 1.29 is 9.18 Å². The zero-order valence-corrected chi connectivity index (χ0v) is 12.8. The third kappa shape index (κ3) is 4.54. The molecule has 1 unspecified atom stereocenters. The summed E-state index contributed by atoms with van der Waals surface area (Å²) in [5, 5.41) is 2.62. The molecule has 0 aliphatic heterocycles. The van der Waals surface area contributed by atoms with E-state index in [9.17, 15) is 9.18 Å². The lowest BCUT2D eigenvalue weighted by atomic mass is 10.1. The number of nitrogens with zero attached hydrogens (tertiary/aromatic N) is 1. The highest BCUT2D eigenvalue weighted by Gasteiger charge is 2.15. The first-order chi connectivity index (χ1) is 9.35. The molecule has 0 fully saturated rings. The second-order valence-corrected chi connectivity index (χ2v) is 5.32. The maximum atomic E-state index is 13.2. The zero-order valence-electron chi connectivity index (χ0n) is 11.9. The van der Waals surface area contributed by atoms with E-state index in [4.69, 9.17) is 18.0 Å². The van der Waals surface area contributed by atoms with E-state index >= 15 is 0 Å². The van der Waals surface area contributed by atoms with E-state index in [2.05, 4.69) is 5.32 Å². The minimum absolute atomic E-state index is 0.00877. The van der Waals surface area contributed by atoms with Gasteiger partial charge in [-0.3, -0.25) is 4.79 Å². The Morgan fingerprint density at radius 3 is 2.75 bits per heavy atom. The van der Waals surface area contributed by atoms with E-state index in [1.54, 1.807) is 13.1 Å². The molecule has 1 rings (SSSR count). The summed E-state index contributed by atoms with van der Waals surface area (Å²) >= 11 is 4.94. The molecule has 0 radical (unpaired) electrons. The van der Waals surface area contributed by atoms with Crippen LogP contribution in [0.5, 0.6) is 0 Å². The molecule has 0 heterocycles. The molecule has 1 atom stereocenters. The molecule has 110 valence electrons. The van der Waals surface area contributed by atoms with Crippen molar-refractivity contribution >= 4 is 23.1 Å². The Labute approximate surface area is 124 Å². The molecule has 0 aliphatic rings. The third-order valence-electron chi connectivity index (χ3n) is 3.06. The van der Waals surface area contributed by atoms with Crippen molar-refractivity contribution in [3.8, 4) is 0 Å². The van der Waals surface area contributed by atoms with Gasteiger partial charge in [0, 0.05) is 31.6 Å². The highest BCUT2D eigenvalue weighted by Crippen LogP contribution is 2.14. The maximum Gasteiger partial charge on any atom is 0.223 e. The number of carbonyl (C=O) groups is 1. The highest BCUT2D eigenvalue weighted by molar-refractivity contribution is 7.80. The largest absolute Gasteiger partial charge is 0.389 e. The second kappa shape index (κ2) is 7.31. The highest BCUT2D eigenvalue weighted by atomic mass is 32.1. The van der Waals surface area contributed by atoms with Gasteiger partial charge in [0.05, 0.1) is 0 Å². The molecule has 20 heavy (non-hydrogen) atoms. The summed E-state index contributed by atoms with van der Waals surface area (Å²) in [6.07, 6.45) is 0. The number of hydrogen-bond donors (Lipinski definition) is 2. The van der Waals surface area contributed by atoms with Gasteiger partial charge in [0.1, 0.15) is 10.8 Å². The van der Waals surface area contributed by atoms with Crippen molar-refractivity contribution in [2.24, 2.45) is 11.7 Å². The van der Waals surface area contributed by atoms with Gasteiger partial charge in [-0.1, -0.05) is 25.2 Å². The lowest BCUT2D eigenvalue weighted by molar-refractivity contribution is -0.124. The van der Waals surface area contributed by atoms with Crippen molar-refractivity contribution in [1.29, 1.82) is 0 Å². The van der Waals surface area contributed by atoms with Crippen LogP contribution >= 0.6 is 12.2 Å². The van der Waals surface area contributed by atoms with Gasteiger partial charge in [0.25, 0.3) is 0 Å². The van der Waals surface area contributed by atoms with Crippen molar-refractivity contribution in [3.63, 3.8) is 0 Å². The molecule has 3 N–H and O–H groups in total. The van der Waals surface area contributed by atoms with Gasteiger partial charge in [-0.25, -0.2) is 4.39 Å². The van der Waals surface area contributed by atoms with E-state index in [1.807, 2.05) is 18.9 Å². The molecule has 6 heteroatoms. The zero-order chi connectivity index (χ0) is 15.3. The van der Waals surface area contributed by atoms with Gasteiger partial charge in [-0.05, 0) is 24.7 Å². The minimum atomic E-state index is -0.363. The number of rotatable bonds is 6. The monoisotopic (exact) mass is 297 g/mol. The first kappa shape index (κ1) is 16.5. The third-order valence-corrected chi connectivity index (χ3v) is 3.28. The quantitative estimate of drug-likeness (QED) is 0.777. The average molecular weight is 297 g/mol. The van der Waals surface area contributed by atoms with E-state index in [0.29, 0.717) is 18.7 Å². The molecule has 4 nitrogen and oxygen atoms in total. The van der Waals surface area contributed by atoms with Crippen LogP contribution in [0.1, 0.15) is 18.1 Å². The molecule has 0 aliphatic carbocycles. The SMILES string of the molecule is CNC(=O)C(C)CN(C)Cc1ccc(F)cc1C(N)=S. The number of benzene rings is 1. The van der Waals surface area contributed by atoms with Gasteiger partial charge in [0.15, 0.2) is 0 Å². The lowest BCUT2D eigenvalue weighted by Gasteiger charge is -2.21. The Bertz CT molecular complexity index is 507. The van der Waals surface area contributed by atoms with Crippen LogP contribution in [-0.4, -0.2) is 36.4 Å². The number of hydrogen-bond acceptors (Lipinski definition) is 3. The molecule has 0 saturated heterocycles. The van der Waals surface area contributed by atoms with Gasteiger partial charge in [-0.15, -0.1) is 0 Å². The molecule has 0 aromatic heterocycles. The van der Waals surface area contributed by atoms with Gasteiger partial charge in [-0.2, -0.15) is 0 Å². The van der Waals surface area contributed by atoms with E-state index in [-0.39, 0.29) is 22.6 Å². The summed E-state index contributed by atoms with van der Waals surface area (Å²) in [6, 6.07) is 4.39. The molecular formula is C14H20FN3OS. The van der Waals surface area contributed by atoms with Gasteiger partial charge >= 0.3 is 0 Å². The number of amides is 1. The summed E-state index contributed by atoms with van der Waals surface area (Å²) in [4.78, 5) is 13.6. The topological polar surface area (TPSA) is 58.4 Å². The summed E-state index contributed by atoms with van der Waals surface area (Å²) in [5.74, 6) is -0.498. The standard InChI is InChI=1S/C14H20FN3OS/c1-9(14(19)17-2)7-18(3)8-10-4-5-11(15)6-12(10)13(16)20/h4-6,9H,7-8H2,1-3H3,(H2,16,20)(H,17,19). The molecule has 1 aromatic rings. The number of nitrogens with two attached hydrogens (primary N) is 1. The van der Waals surface area contributed by atoms with Crippen molar-refractivity contribution in [2.45, 2.75) is 13.5 Å². The van der Waals surface area contributed by atoms with Crippen molar-refractivity contribution in [3.05, 3.63) is 35.1 Å². The lowest BCUT2D eigenvalue weighted by Crippen LogP contribution is -2.34. The molecule has 0 saturated carbocycles. The fraction of sp³-hybridized carbons (Fsp3) is 0.429. The predicted octanol–water partition coefficient (Wildman–Crippen LogP) is 1.27. The van der Waals surface area contributed by atoms with Crippen LogP contribution in [0.15, 0.2) is 18.2 Å². The van der Waals surface area contributed by atoms with Crippen LogP contribution in [0, 0.1) is 11.7 Å². The Hall–Kier alpha value is -1.53. The first-order valence-electron chi connectivity index (χ1n) is 6.33. The Kier molecular flexibility index (Phi) is 6.04. The summed E-state index contributed by atoms with van der Waals surface area (Å²) in [6.45, 7) is 3.00. The van der Waals surface area contributed by atoms with Crippen LogP contribution < -0.4 is 11.1 Å². The summed E-state index contributed by atoms with van der Waals surface area (Å²) in [5.41, 5.74) is 7.01. The van der Waals surface area contributed by atoms with E-state index < -0.39 is 0 Å². The summed E-state index contributed by atoms with van der Waals surface area (Å²) in [7, 11) is 3.51. The smallest absolute Gasteiger partial charge is 0.223 e. The van der Waals surface area contributed by atoms with Crippen molar-refractivity contribution in [1.82, 2.24) is 10.2 Å². The van der Waals surface area contributed by atoms with Crippen LogP contribution in [-0.2, 0) is 11.3 Å². The number of carbonyl (C=O) groups excluding carboxylic acids is 1. The number of nitrogens with one attached hydrogen (secondary N) is 1. The van der Waals surface area contributed by atoms with E-state index in [0.717, 1.165) is 5.56 Å². The molecule has 1 aromatic carbocycles. The fourth-order valence-electron chi connectivity index (χ4n) is 2.07. The van der Waals surface area contributed by atoms with Crippen LogP contribution in [0.4, 0.5) is 4.39 Å². The summed E-state index contributed by atoms with van der Waals surface area (Å²) < 4.78 is 13.2. The number of thiocarbonyl (C=S) groups is 1. The second-order valence-electron chi connectivity index (χ2n) is 4.88. The molecule has 0 bridgehead atoms. The molecular weight excluding hydrogens is 277 g/mol. The van der Waals surface area contributed by atoms with E-state index in [1.165, 1.54) is 12.1 Å². The molecule has 0 spiro atoms. The van der Waals surface area contributed by atoms with Crippen LogP contribution in [0.25, 0.3) is 0 Å². The van der Waals surface area contributed by atoms with Crippen molar-refractivity contribution in [2.75, 3.05) is 20.6 Å². The molecule has 1 amide bonds. The maximum absolute atomic E-state index is 13.2. The Morgan fingerprint density at radius 2 is 2.20 bits per heavy atom. The minimum Gasteiger partial charge on any atom is -0.389 e. The van der Waals surface area contributed by atoms with Gasteiger partial charge < -0.3 is 16.0 Å².